The van der Waals surface area contributed by atoms with Crippen LogP contribution in [-0.2, 0) is 4.79 Å². The van der Waals surface area contributed by atoms with Gasteiger partial charge in [0.25, 0.3) is 0 Å². The molecule has 2 N–H and O–H groups in total. The Kier molecular flexibility index (Phi) is 3.66. The van der Waals surface area contributed by atoms with Crippen LogP contribution in [0.3, 0.4) is 0 Å². The fraction of sp³-hybridized carbons (Fsp3) is 0.357. The molecule has 1 aromatic heterocycles. The Labute approximate surface area is 120 Å². The summed E-state index contributed by atoms with van der Waals surface area (Å²) in [7, 11) is 0. The lowest BCUT2D eigenvalue weighted by atomic mass is 10.0. The van der Waals surface area contributed by atoms with E-state index in [1.165, 1.54) is 12.1 Å². The normalized spacial score (nSPS) is 16.3. The molecule has 0 spiro atoms. The first kappa shape index (κ1) is 13.7. The number of benzene rings is 1. The minimum absolute atomic E-state index is 0.00180. The predicted molar refractivity (Wildman–Crippen MR) is 72.6 cm³/mol. The second-order valence-corrected chi connectivity index (χ2v) is 5.05. The number of rotatable bonds is 4. The molecule has 0 radical (unpaired) electrons. The number of amides is 1. The minimum Gasteiger partial charge on any atom is -0.344 e. The van der Waals surface area contributed by atoms with Crippen molar-refractivity contribution in [2.24, 2.45) is 5.92 Å². The third kappa shape index (κ3) is 2.92. The van der Waals surface area contributed by atoms with Gasteiger partial charge in [-0.25, -0.2) is 4.39 Å². The Hall–Kier alpha value is -2.28. The first-order valence-corrected chi connectivity index (χ1v) is 6.74. The number of hydrogen-bond acceptors (Lipinski definition) is 5. The van der Waals surface area contributed by atoms with Gasteiger partial charge in [-0.3, -0.25) is 4.79 Å². The Balaban J connectivity index is 1.70. The van der Waals surface area contributed by atoms with Crippen LogP contribution in [0.5, 0.6) is 0 Å². The summed E-state index contributed by atoms with van der Waals surface area (Å²) in [6.45, 7) is 3.15. The summed E-state index contributed by atoms with van der Waals surface area (Å²) >= 11 is 0. The maximum absolute atomic E-state index is 13.2. The van der Waals surface area contributed by atoms with E-state index in [0.29, 0.717) is 30.4 Å². The smallest absolute Gasteiger partial charge is 0.249 e. The van der Waals surface area contributed by atoms with E-state index in [4.69, 9.17) is 4.52 Å². The van der Waals surface area contributed by atoms with Crippen molar-refractivity contribution < 1.29 is 13.7 Å². The van der Waals surface area contributed by atoms with E-state index in [0.717, 1.165) is 0 Å². The third-order valence-corrected chi connectivity index (χ3v) is 3.41. The number of nitrogens with one attached hydrogen (secondary N) is 2. The van der Waals surface area contributed by atoms with Crippen LogP contribution in [0.1, 0.15) is 18.9 Å². The Morgan fingerprint density at radius 1 is 1.52 bits per heavy atom. The first-order valence-electron chi connectivity index (χ1n) is 6.74. The van der Waals surface area contributed by atoms with Gasteiger partial charge in [0.15, 0.2) is 0 Å². The average Bonchev–Trinajstić information content (AvgIpc) is 2.86. The second-order valence-electron chi connectivity index (χ2n) is 5.05. The topological polar surface area (TPSA) is 80.0 Å². The fourth-order valence-corrected chi connectivity index (χ4v) is 2.02. The quantitative estimate of drug-likeness (QED) is 0.886. The highest BCUT2D eigenvalue weighted by Crippen LogP contribution is 2.19. The number of halogens is 1. The van der Waals surface area contributed by atoms with Gasteiger partial charge in [-0.2, -0.15) is 4.98 Å². The van der Waals surface area contributed by atoms with E-state index in [1.54, 1.807) is 19.1 Å². The maximum Gasteiger partial charge on any atom is 0.249 e. The van der Waals surface area contributed by atoms with Crippen LogP contribution in [0.2, 0.25) is 0 Å². The van der Waals surface area contributed by atoms with E-state index in [2.05, 4.69) is 20.8 Å². The van der Waals surface area contributed by atoms with E-state index in [9.17, 15) is 9.18 Å². The lowest BCUT2D eigenvalue weighted by molar-refractivity contribution is -0.127. The molecule has 7 heteroatoms. The van der Waals surface area contributed by atoms with E-state index in [1.807, 2.05) is 0 Å². The fourth-order valence-electron chi connectivity index (χ4n) is 2.02. The zero-order valence-electron chi connectivity index (χ0n) is 11.5. The summed E-state index contributed by atoms with van der Waals surface area (Å²) in [6.07, 6.45) is 0. The molecule has 1 aliphatic heterocycles. The number of carbonyl (C=O) groups excluding carboxylic acids is 1. The standard InChI is InChI=1S/C14H15FN4O2/c1-8(17-13(20)10-6-16-7-10)14-18-12(19-21-14)9-3-2-4-11(15)5-9/h2-5,8,10,16H,6-7H2,1H3,(H,17,20). The van der Waals surface area contributed by atoms with Crippen LogP contribution < -0.4 is 10.6 Å². The molecule has 6 nitrogen and oxygen atoms in total. The Morgan fingerprint density at radius 2 is 2.33 bits per heavy atom. The molecule has 1 aliphatic rings. The molecular formula is C14H15FN4O2. The maximum atomic E-state index is 13.2. The number of nitrogens with zero attached hydrogens (tertiary/aromatic N) is 2. The van der Waals surface area contributed by atoms with Crippen molar-refractivity contribution in [1.82, 2.24) is 20.8 Å². The monoisotopic (exact) mass is 290 g/mol. The molecule has 1 amide bonds. The van der Waals surface area contributed by atoms with Crippen molar-refractivity contribution in [3.63, 3.8) is 0 Å². The lowest BCUT2D eigenvalue weighted by Gasteiger charge is -2.26. The number of hydrogen-bond donors (Lipinski definition) is 2. The molecule has 1 saturated heterocycles. The van der Waals surface area contributed by atoms with Crippen LogP contribution in [-0.4, -0.2) is 29.1 Å². The zero-order chi connectivity index (χ0) is 14.8. The van der Waals surface area contributed by atoms with Gasteiger partial charge in [-0.15, -0.1) is 0 Å². The van der Waals surface area contributed by atoms with E-state index < -0.39 is 0 Å². The van der Waals surface area contributed by atoms with E-state index >= 15 is 0 Å². The van der Waals surface area contributed by atoms with Crippen LogP contribution in [0.15, 0.2) is 28.8 Å². The minimum atomic E-state index is -0.382. The van der Waals surface area contributed by atoms with Gasteiger partial charge in [-0.05, 0) is 19.1 Å². The third-order valence-electron chi connectivity index (χ3n) is 3.41. The summed E-state index contributed by atoms with van der Waals surface area (Å²) < 4.78 is 18.3. The number of carbonyl (C=O) groups is 1. The summed E-state index contributed by atoms with van der Waals surface area (Å²) in [5, 5.41) is 9.68. The van der Waals surface area contributed by atoms with Crippen molar-refractivity contribution in [1.29, 1.82) is 0 Å². The van der Waals surface area contributed by atoms with Gasteiger partial charge in [-0.1, -0.05) is 17.3 Å². The predicted octanol–water partition coefficient (Wildman–Crippen LogP) is 1.27. The summed E-state index contributed by atoms with van der Waals surface area (Å²) in [5.41, 5.74) is 0.534. The van der Waals surface area contributed by atoms with Crippen molar-refractivity contribution in [3.05, 3.63) is 36.0 Å². The van der Waals surface area contributed by atoms with Gasteiger partial charge < -0.3 is 15.2 Å². The largest absolute Gasteiger partial charge is 0.344 e. The molecular weight excluding hydrogens is 275 g/mol. The summed E-state index contributed by atoms with van der Waals surface area (Å²) in [5.74, 6) is 0.202. The Morgan fingerprint density at radius 3 is 3.00 bits per heavy atom. The van der Waals surface area contributed by atoms with Gasteiger partial charge in [0.1, 0.15) is 11.9 Å². The molecule has 1 unspecified atom stereocenters. The zero-order valence-corrected chi connectivity index (χ0v) is 11.5. The molecule has 1 aromatic carbocycles. The highest BCUT2D eigenvalue weighted by molar-refractivity contribution is 5.80. The van der Waals surface area contributed by atoms with Gasteiger partial charge in [0.05, 0.1) is 5.92 Å². The summed E-state index contributed by atoms with van der Waals surface area (Å²) in [6, 6.07) is 5.57. The SMILES string of the molecule is CC(NC(=O)C1CNC1)c1nc(-c2cccc(F)c2)no1. The van der Waals surface area contributed by atoms with Gasteiger partial charge >= 0.3 is 0 Å². The molecule has 0 saturated carbocycles. The Bertz CT molecular complexity index is 654. The summed E-state index contributed by atoms with van der Waals surface area (Å²) in [4.78, 5) is 16.0. The number of aromatic nitrogens is 2. The van der Waals surface area contributed by atoms with Crippen LogP contribution in [0.4, 0.5) is 4.39 Å². The molecule has 2 aromatic rings. The van der Waals surface area contributed by atoms with E-state index in [-0.39, 0.29) is 23.7 Å². The molecule has 21 heavy (non-hydrogen) atoms. The van der Waals surface area contributed by atoms with Crippen molar-refractivity contribution in [3.8, 4) is 11.4 Å². The highest BCUT2D eigenvalue weighted by atomic mass is 19.1. The highest BCUT2D eigenvalue weighted by Gasteiger charge is 2.27. The van der Waals surface area contributed by atoms with Crippen molar-refractivity contribution >= 4 is 5.91 Å². The van der Waals surface area contributed by atoms with Gasteiger partial charge in [0, 0.05) is 18.7 Å². The molecule has 3 rings (SSSR count). The average molecular weight is 290 g/mol. The lowest BCUT2D eigenvalue weighted by Crippen LogP contribution is -2.51. The van der Waals surface area contributed by atoms with Crippen molar-refractivity contribution in [2.75, 3.05) is 13.1 Å². The second kappa shape index (κ2) is 5.61. The molecule has 2 heterocycles. The van der Waals surface area contributed by atoms with Crippen LogP contribution in [0, 0.1) is 11.7 Å². The van der Waals surface area contributed by atoms with Gasteiger partial charge in [0.2, 0.25) is 17.6 Å². The van der Waals surface area contributed by atoms with Crippen LogP contribution >= 0.6 is 0 Å². The van der Waals surface area contributed by atoms with Crippen LogP contribution in [0.25, 0.3) is 11.4 Å². The first-order chi connectivity index (χ1) is 10.1. The molecule has 110 valence electrons. The molecule has 1 atom stereocenters. The van der Waals surface area contributed by atoms with Crippen molar-refractivity contribution in [2.45, 2.75) is 13.0 Å². The molecule has 0 bridgehead atoms. The molecule has 0 aliphatic carbocycles. The molecule has 1 fully saturated rings.